The highest BCUT2D eigenvalue weighted by molar-refractivity contribution is 6.69. The van der Waals surface area contributed by atoms with Gasteiger partial charge in [0.25, 0.3) is 0 Å². The van der Waals surface area contributed by atoms with E-state index < -0.39 is 14.5 Å². The molecule has 0 atom stereocenters. The van der Waals surface area contributed by atoms with Gasteiger partial charge in [0.05, 0.1) is 0 Å². The van der Waals surface area contributed by atoms with Crippen LogP contribution in [0.4, 0.5) is 0 Å². The topological polar surface area (TPSA) is 55.8 Å². The highest BCUT2D eigenvalue weighted by Crippen LogP contribution is 2.15. The van der Waals surface area contributed by atoms with Crippen LogP contribution in [0.1, 0.15) is 33.6 Å². The molecule has 1 radical (unpaired) electrons. The Morgan fingerprint density at radius 3 is 2.18 bits per heavy atom. The zero-order valence-electron chi connectivity index (χ0n) is 11.2. The number of allylic oxidation sites excluding steroid dienone is 1. The summed E-state index contributed by atoms with van der Waals surface area (Å²) >= 11 is 0. The molecule has 17 heavy (non-hydrogen) atoms. The van der Waals surface area contributed by atoms with Gasteiger partial charge >= 0.3 is 14.5 Å². The summed E-state index contributed by atoms with van der Waals surface area (Å²) in [7, 11) is -2.15. The summed E-state index contributed by atoms with van der Waals surface area (Å²) in [5.41, 5.74) is 0.384. The van der Waals surface area contributed by atoms with Gasteiger partial charge in [-0.1, -0.05) is 6.08 Å². The third kappa shape index (κ3) is 7.30. The molecular weight excluding hydrogens is 236 g/mol. The molecule has 0 spiro atoms. The smallest absolute Gasteiger partial charge is 0.338 e. The van der Waals surface area contributed by atoms with Gasteiger partial charge in [0.2, 0.25) is 0 Å². The van der Waals surface area contributed by atoms with Crippen molar-refractivity contribution in [1.29, 1.82) is 0 Å². The quantitative estimate of drug-likeness (QED) is 0.393. The van der Waals surface area contributed by atoms with Crippen molar-refractivity contribution < 1.29 is 18.8 Å². The summed E-state index contributed by atoms with van der Waals surface area (Å²) in [5.74, 6) is -0.861. The fourth-order valence-electron chi connectivity index (χ4n) is 1.47. The number of carboxylic acid groups (broad SMARTS) is 1. The molecule has 0 heterocycles. The van der Waals surface area contributed by atoms with Gasteiger partial charge in [-0.15, -0.1) is 0 Å². The zero-order valence-corrected chi connectivity index (χ0v) is 12.2. The number of aliphatic carboxylic acids is 1. The van der Waals surface area contributed by atoms with E-state index in [-0.39, 0.29) is 0 Å². The van der Waals surface area contributed by atoms with Crippen LogP contribution in [0.3, 0.4) is 0 Å². The minimum atomic E-state index is -2.15. The van der Waals surface area contributed by atoms with E-state index in [4.69, 9.17) is 14.0 Å². The van der Waals surface area contributed by atoms with E-state index in [9.17, 15) is 4.79 Å². The maximum absolute atomic E-state index is 10.6. The van der Waals surface area contributed by atoms with E-state index in [0.29, 0.717) is 25.2 Å². The van der Waals surface area contributed by atoms with Crippen LogP contribution in [0, 0.1) is 6.04 Å². The van der Waals surface area contributed by atoms with Crippen LogP contribution in [-0.2, 0) is 13.6 Å². The van der Waals surface area contributed by atoms with E-state index in [1.165, 1.54) is 0 Å². The molecular formula is C12H23O4Si. The molecule has 0 aliphatic rings. The van der Waals surface area contributed by atoms with Crippen molar-refractivity contribution in [2.45, 2.75) is 40.2 Å². The third-order valence-electron chi connectivity index (χ3n) is 2.33. The van der Waals surface area contributed by atoms with Crippen LogP contribution in [0.2, 0.25) is 6.55 Å². The lowest BCUT2D eigenvalue weighted by molar-refractivity contribution is -0.132. The second-order valence-electron chi connectivity index (χ2n) is 3.86. The highest BCUT2D eigenvalue weighted by Gasteiger charge is 2.29. The molecule has 0 fully saturated rings. The molecule has 5 heteroatoms. The number of hydrogen-bond acceptors (Lipinski definition) is 3. The lowest BCUT2D eigenvalue weighted by Gasteiger charge is -2.25. The maximum atomic E-state index is 10.6. The Hall–Kier alpha value is -0.653. The molecule has 0 aromatic rings. The van der Waals surface area contributed by atoms with Crippen molar-refractivity contribution in [2.75, 3.05) is 13.2 Å². The van der Waals surface area contributed by atoms with Gasteiger partial charge in [-0.05, 0) is 40.2 Å². The normalized spacial score (nSPS) is 12.8. The largest absolute Gasteiger partial charge is 0.478 e. The monoisotopic (exact) mass is 259 g/mol. The minimum Gasteiger partial charge on any atom is -0.478 e. The van der Waals surface area contributed by atoms with Crippen LogP contribution in [0.25, 0.3) is 0 Å². The van der Waals surface area contributed by atoms with Gasteiger partial charge in [0.15, 0.2) is 0 Å². The molecule has 0 aliphatic heterocycles. The van der Waals surface area contributed by atoms with Crippen LogP contribution in [0.5, 0.6) is 0 Å². The van der Waals surface area contributed by atoms with Crippen LogP contribution < -0.4 is 0 Å². The van der Waals surface area contributed by atoms with Crippen molar-refractivity contribution in [2.24, 2.45) is 0 Å². The number of unbranched alkanes of at least 4 members (excludes halogenated alkanes) is 1. The first-order valence-corrected chi connectivity index (χ1v) is 8.37. The predicted octanol–water partition coefficient (Wildman–Crippen LogP) is 2.69. The summed E-state index contributed by atoms with van der Waals surface area (Å²) in [6.45, 7) is 8.80. The number of hydrogen-bond donors (Lipinski definition) is 1. The molecule has 0 aliphatic carbocycles. The summed E-state index contributed by atoms with van der Waals surface area (Å²) in [4.78, 5) is 10.6. The maximum Gasteiger partial charge on any atom is 0.338 e. The average Bonchev–Trinajstić information content (AvgIpc) is 2.24. The Kier molecular flexibility index (Phi) is 8.12. The first-order chi connectivity index (χ1) is 7.95. The molecule has 0 bridgehead atoms. The van der Waals surface area contributed by atoms with Gasteiger partial charge in [-0.3, -0.25) is 0 Å². The predicted molar refractivity (Wildman–Crippen MR) is 69.8 cm³/mol. The number of rotatable bonds is 9. The van der Waals surface area contributed by atoms with Gasteiger partial charge < -0.3 is 14.0 Å². The van der Waals surface area contributed by atoms with Crippen molar-refractivity contribution in [3.05, 3.63) is 17.7 Å². The minimum absolute atomic E-state index is 0.384. The molecule has 0 rings (SSSR count). The molecule has 0 saturated heterocycles. The summed E-state index contributed by atoms with van der Waals surface area (Å²) in [5, 5.41) is 8.69. The zero-order chi connectivity index (χ0) is 13.3. The van der Waals surface area contributed by atoms with Gasteiger partial charge in [-0.25, -0.2) is 4.79 Å². The molecule has 0 aromatic carbocycles. The Balaban J connectivity index is 4.06. The van der Waals surface area contributed by atoms with Gasteiger partial charge in [-0.2, -0.15) is 0 Å². The van der Waals surface area contributed by atoms with Crippen LogP contribution in [0.15, 0.2) is 11.6 Å². The number of carbonyl (C=O) groups is 1. The Bertz CT molecular complexity index is 257. The van der Waals surface area contributed by atoms with E-state index in [0.717, 1.165) is 6.42 Å². The lowest BCUT2D eigenvalue weighted by atomic mass is 10.2. The molecule has 1 N–H and O–H groups in total. The summed E-state index contributed by atoms with van der Waals surface area (Å²) in [6.07, 6.45) is 3.22. The third-order valence-corrected chi connectivity index (χ3v) is 5.09. The highest BCUT2D eigenvalue weighted by atomic mass is 28.4. The lowest BCUT2D eigenvalue weighted by Crippen LogP contribution is -2.39. The molecule has 0 amide bonds. The van der Waals surface area contributed by atoms with Crippen LogP contribution >= 0.6 is 0 Å². The molecule has 0 saturated carbocycles. The van der Waals surface area contributed by atoms with Crippen molar-refractivity contribution in [3.63, 3.8) is 0 Å². The van der Waals surface area contributed by atoms with Gasteiger partial charge in [0, 0.05) is 24.8 Å². The van der Waals surface area contributed by atoms with Crippen molar-refractivity contribution in [1.82, 2.24) is 0 Å². The van der Waals surface area contributed by atoms with Crippen molar-refractivity contribution in [3.8, 4) is 0 Å². The summed E-state index contributed by atoms with van der Waals surface area (Å²) in [6, 6.07) is 2.08. The van der Waals surface area contributed by atoms with Gasteiger partial charge in [0.1, 0.15) is 0 Å². The molecule has 4 nitrogen and oxygen atoms in total. The second-order valence-corrected chi connectivity index (χ2v) is 6.87. The first-order valence-electron chi connectivity index (χ1n) is 5.97. The van der Waals surface area contributed by atoms with E-state index in [2.05, 4.69) is 6.04 Å². The number of carboxylic acids is 1. The van der Waals surface area contributed by atoms with Crippen molar-refractivity contribution >= 4 is 14.5 Å². The SMILES string of the molecule is CCO[Si](C)([CH]CCC=C(C)C(=O)O)OCC. The standard InChI is InChI=1S/C12H23O4Si/c1-5-15-17(4,16-6-2)10-8-7-9-11(3)12(13)14/h9-10H,5-8H2,1-4H3,(H,13,14). The molecule has 0 unspecified atom stereocenters. The van der Waals surface area contributed by atoms with E-state index in [1.54, 1.807) is 13.0 Å². The fraction of sp³-hybridized carbons (Fsp3) is 0.667. The van der Waals surface area contributed by atoms with Crippen LogP contribution in [-0.4, -0.2) is 32.9 Å². The van der Waals surface area contributed by atoms with E-state index in [1.807, 2.05) is 20.4 Å². The summed E-state index contributed by atoms with van der Waals surface area (Å²) < 4.78 is 11.3. The Morgan fingerprint density at radius 2 is 1.76 bits per heavy atom. The Labute approximate surface area is 105 Å². The molecule has 0 aromatic heterocycles. The second kappa shape index (κ2) is 8.44. The molecule has 99 valence electrons. The Morgan fingerprint density at radius 1 is 1.24 bits per heavy atom. The first kappa shape index (κ1) is 16.3. The fourth-order valence-corrected chi connectivity index (χ4v) is 3.62. The van der Waals surface area contributed by atoms with E-state index >= 15 is 0 Å². The average molecular weight is 259 g/mol.